The van der Waals surface area contributed by atoms with Crippen LogP contribution in [0, 0.1) is 11.8 Å². The Morgan fingerprint density at radius 1 is 1.29 bits per heavy atom. The first-order valence-corrected chi connectivity index (χ1v) is 6.53. The quantitative estimate of drug-likeness (QED) is 0.749. The first-order chi connectivity index (χ1) is 8.00. The van der Waals surface area contributed by atoms with Gasteiger partial charge < -0.3 is 10.4 Å². The van der Waals surface area contributed by atoms with Crippen molar-refractivity contribution in [1.82, 2.24) is 5.32 Å². The number of hydrogen-bond donors (Lipinski definition) is 2. The van der Waals surface area contributed by atoms with Crippen molar-refractivity contribution in [3.05, 3.63) is 0 Å². The first-order valence-electron chi connectivity index (χ1n) is 6.53. The Morgan fingerprint density at radius 2 is 1.88 bits per heavy atom. The van der Waals surface area contributed by atoms with Gasteiger partial charge in [0.1, 0.15) is 6.04 Å². The van der Waals surface area contributed by atoms with Crippen LogP contribution in [0.5, 0.6) is 0 Å². The van der Waals surface area contributed by atoms with Crippen molar-refractivity contribution < 1.29 is 14.7 Å². The molecule has 0 aliphatic heterocycles. The summed E-state index contributed by atoms with van der Waals surface area (Å²) in [4.78, 5) is 22.6. The maximum Gasteiger partial charge on any atom is 0.326 e. The highest BCUT2D eigenvalue weighted by Gasteiger charge is 2.24. The molecular weight excluding hydrogens is 218 g/mol. The van der Waals surface area contributed by atoms with Crippen LogP contribution in [0.25, 0.3) is 0 Å². The molecule has 1 aliphatic carbocycles. The van der Waals surface area contributed by atoms with Gasteiger partial charge in [0.25, 0.3) is 0 Å². The maximum absolute atomic E-state index is 11.6. The van der Waals surface area contributed by atoms with Crippen LogP contribution in [0.1, 0.15) is 52.4 Å². The summed E-state index contributed by atoms with van der Waals surface area (Å²) < 4.78 is 0. The number of aliphatic carboxylic acids is 1. The molecule has 0 bridgehead atoms. The predicted molar refractivity (Wildman–Crippen MR) is 65.6 cm³/mol. The second-order valence-corrected chi connectivity index (χ2v) is 5.32. The van der Waals surface area contributed by atoms with Crippen LogP contribution in [-0.4, -0.2) is 23.0 Å². The number of hydrogen-bond acceptors (Lipinski definition) is 2. The fraction of sp³-hybridized carbons (Fsp3) is 0.846. The van der Waals surface area contributed by atoms with Crippen molar-refractivity contribution in [3.8, 4) is 0 Å². The largest absolute Gasteiger partial charge is 0.480 e. The SMILES string of the molecule is CC(C)[C@H](NC(=O)CCC1CCCC1)C(=O)O. The molecule has 2 N–H and O–H groups in total. The molecule has 4 heteroatoms. The number of rotatable bonds is 6. The van der Waals surface area contributed by atoms with E-state index in [0.717, 1.165) is 6.42 Å². The lowest BCUT2D eigenvalue weighted by atomic mass is 10.0. The lowest BCUT2D eigenvalue weighted by Crippen LogP contribution is -2.44. The molecule has 0 radical (unpaired) electrons. The van der Waals surface area contributed by atoms with Crippen molar-refractivity contribution in [2.45, 2.75) is 58.4 Å². The Labute approximate surface area is 103 Å². The highest BCUT2D eigenvalue weighted by atomic mass is 16.4. The van der Waals surface area contributed by atoms with E-state index in [1.807, 2.05) is 0 Å². The summed E-state index contributed by atoms with van der Waals surface area (Å²) in [5.74, 6) is -0.488. The summed E-state index contributed by atoms with van der Waals surface area (Å²) in [5.41, 5.74) is 0. The summed E-state index contributed by atoms with van der Waals surface area (Å²) in [6.45, 7) is 3.60. The van der Waals surface area contributed by atoms with E-state index >= 15 is 0 Å². The van der Waals surface area contributed by atoms with E-state index < -0.39 is 12.0 Å². The number of carbonyl (C=O) groups excluding carboxylic acids is 1. The zero-order valence-corrected chi connectivity index (χ0v) is 10.7. The monoisotopic (exact) mass is 241 g/mol. The van der Waals surface area contributed by atoms with Gasteiger partial charge in [-0.25, -0.2) is 4.79 Å². The average molecular weight is 241 g/mol. The number of carboxylic acid groups (broad SMARTS) is 1. The van der Waals surface area contributed by atoms with E-state index in [-0.39, 0.29) is 11.8 Å². The van der Waals surface area contributed by atoms with Crippen LogP contribution in [0.15, 0.2) is 0 Å². The van der Waals surface area contributed by atoms with Gasteiger partial charge in [-0.2, -0.15) is 0 Å². The Hall–Kier alpha value is -1.06. The Kier molecular flexibility index (Phi) is 5.45. The van der Waals surface area contributed by atoms with E-state index in [9.17, 15) is 9.59 Å². The zero-order chi connectivity index (χ0) is 12.8. The van der Waals surface area contributed by atoms with E-state index in [1.165, 1.54) is 25.7 Å². The number of nitrogens with one attached hydrogen (secondary N) is 1. The molecule has 0 aromatic heterocycles. The van der Waals surface area contributed by atoms with Crippen molar-refractivity contribution in [2.24, 2.45) is 11.8 Å². The molecule has 0 aromatic carbocycles. The smallest absolute Gasteiger partial charge is 0.326 e. The maximum atomic E-state index is 11.6. The van der Waals surface area contributed by atoms with E-state index in [0.29, 0.717) is 12.3 Å². The van der Waals surface area contributed by atoms with Gasteiger partial charge in [-0.1, -0.05) is 39.5 Å². The standard InChI is InChI=1S/C13H23NO3/c1-9(2)12(13(16)17)14-11(15)8-7-10-5-3-4-6-10/h9-10,12H,3-8H2,1-2H3,(H,14,15)(H,16,17)/t12-/m0/s1. The van der Waals surface area contributed by atoms with E-state index in [2.05, 4.69) is 5.32 Å². The van der Waals surface area contributed by atoms with Crippen molar-refractivity contribution in [2.75, 3.05) is 0 Å². The lowest BCUT2D eigenvalue weighted by molar-refractivity contribution is -0.143. The predicted octanol–water partition coefficient (Wildman–Crippen LogP) is 2.18. The van der Waals surface area contributed by atoms with Gasteiger partial charge in [0.05, 0.1) is 0 Å². The molecule has 4 nitrogen and oxygen atoms in total. The molecule has 98 valence electrons. The Bertz CT molecular complexity index is 270. The average Bonchev–Trinajstić information content (AvgIpc) is 2.74. The number of carbonyl (C=O) groups is 2. The fourth-order valence-electron chi connectivity index (χ4n) is 2.39. The molecule has 1 fully saturated rings. The Morgan fingerprint density at radius 3 is 2.35 bits per heavy atom. The molecule has 0 aromatic rings. The third-order valence-electron chi connectivity index (χ3n) is 3.50. The van der Waals surface area contributed by atoms with Crippen molar-refractivity contribution in [1.29, 1.82) is 0 Å². The molecule has 0 heterocycles. The van der Waals surface area contributed by atoms with Crippen LogP contribution in [0.2, 0.25) is 0 Å². The van der Waals surface area contributed by atoms with Crippen LogP contribution in [0.4, 0.5) is 0 Å². The molecule has 17 heavy (non-hydrogen) atoms. The number of carboxylic acids is 1. The molecule has 0 spiro atoms. The van der Waals surface area contributed by atoms with Gasteiger partial charge in [0, 0.05) is 6.42 Å². The second-order valence-electron chi connectivity index (χ2n) is 5.32. The van der Waals surface area contributed by atoms with Gasteiger partial charge in [-0.3, -0.25) is 4.79 Å². The molecular formula is C13H23NO3. The summed E-state index contributed by atoms with van der Waals surface area (Å²) >= 11 is 0. The third-order valence-corrected chi connectivity index (χ3v) is 3.50. The van der Waals surface area contributed by atoms with E-state index in [4.69, 9.17) is 5.11 Å². The first kappa shape index (κ1) is 14.0. The Balaban J connectivity index is 2.29. The van der Waals surface area contributed by atoms with Crippen LogP contribution in [-0.2, 0) is 9.59 Å². The van der Waals surface area contributed by atoms with Gasteiger partial charge >= 0.3 is 5.97 Å². The van der Waals surface area contributed by atoms with Gasteiger partial charge in [-0.15, -0.1) is 0 Å². The van der Waals surface area contributed by atoms with Crippen molar-refractivity contribution >= 4 is 11.9 Å². The third kappa shape index (κ3) is 4.75. The van der Waals surface area contributed by atoms with Gasteiger partial charge in [0.2, 0.25) is 5.91 Å². The summed E-state index contributed by atoms with van der Waals surface area (Å²) in [5, 5.41) is 11.6. The van der Waals surface area contributed by atoms with Gasteiger partial charge in [0.15, 0.2) is 0 Å². The summed E-state index contributed by atoms with van der Waals surface area (Å²) in [6, 6.07) is -0.758. The minimum Gasteiger partial charge on any atom is -0.480 e. The molecule has 1 aliphatic rings. The zero-order valence-electron chi connectivity index (χ0n) is 10.7. The lowest BCUT2D eigenvalue weighted by Gasteiger charge is -2.18. The van der Waals surface area contributed by atoms with Crippen LogP contribution >= 0.6 is 0 Å². The minimum atomic E-state index is -0.950. The highest BCUT2D eigenvalue weighted by Crippen LogP contribution is 2.28. The molecule has 1 atom stereocenters. The number of amides is 1. The molecule has 1 amide bonds. The van der Waals surface area contributed by atoms with Crippen molar-refractivity contribution in [3.63, 3.8) is 0 Å². The second kappa shape index (κ2) is 6.62. The highest BCUT2D eigenvalue weighted by molar-refractivity contribution is 5.83. The fourth-order valence-corrected chi connectivity index (χ4v) is 2.39. The van der Waals surface area contributed by atoms with Crippen LogP contribution < -0.4 is 5.32 Å². The molecule has 1 saturated carbocycles. The summed E-state index contributed by atoms with van der Waals surface area (Å²) in [6.07, 6.45) is 6.35. The minimum absolute atomic E-state index is 0.0806. The molecule has 1 rings (SSSR count). The van der Waals surface area contributed by atoms with Gasteiger partial charge in [-0.05, 0) is 18.3 Å². The summed E-state index contributed by atoms with van der Waals surface area (Å²) in [7, 11) is 0. The van der Waals surface area contributed by atoms with E-state index in [1.54, 1.807) is 13.8 Å². The topological polar surface area (TPSA) is 66.4 Å². The normalized spacial score (nSPS) is 18.3. The molecule has 0 saturated heterocycles. The molecule has 0 unspecified atom stereocenters. The van der Waals surface area contributed by atoms with Crippen LogP contribution in [0.3, 0.4) is 0 Å².